The third-order valence-corrected chi connectivity index (χ3v) is 3.45. The van der Waals surface area contributed by atoms with Crippen molar-refractivity contribution in [3.05, 3.63) is 0 Å². The smallest absolute Gasteiger partial charge is 0.240 e. The van der Waals surface area contributed by atoms with Gasteiger partial charge in [0.1, 0.15) is 0 Å². The summed E-state index contributed by atoms with van der Waals surface area (Å²) < 4.78 is 0. The van der Waals surface area contributed by atoms with Gasteiger partial charge in [0, 0.05) is 19.6 Å². The van der Waals surface area contributed by atoms with Crippen molar-refractivity contribution in [3.8, 4) is 0 Å². The molecule has 2 N–H and O–H groups in total. The SMILES string of the molecule is CC1CCNC1C(=O)N1CCCNCC1. The minimum atomic E-state index is 0.0723. The zero-order valence-electron chi connectivity index (χ0n) is 9.46. The molecule has 2 saturated heterocycles. The number of nitrogens with one attached hydrogen (secondary N) is 2. The predicted octanol–water partition coefficient (Wildman–Crippen LogP) is -0.194. The van der Waals surface area contributed by atoms with Gasteiger partial charge in [0.15, 0.2) is 0 Å². The first kappa shape index (κ1) is 10.9. The molecule has 0 bridgehead atoms. The Morgan fingerprint density at radius 2 is 2.13 bits per heavy atom. The second-order valence-electron chi connectivity index (χ2n) is 4.63. The van der Waals surface area contributed by atoms with E-state index in [1.54, 1.807) is 0 Å². The first-order chi connectivity index (χ1) is 7.29. The molecule has 0 saturated carbocycles. The summed E-state index contributed by atoms with van der Waals surface area (Å²) in [6, 6.07) is 0.0723. The third-order valence-electron chi connectivity index (χ3n) is 3.45. The number of amides is 1. The van der Waals surface area contributed by atoms with Gasteiger partial charge in [-0.3, -0.25) is 4.79 Å². The van der Waals surface area contributed by atoms with Gasteiger partial charge in [0.25, 0.3) is 0 Å². The summed E-state index contributed by atoms with van der Waals surface area (Å²) in [4.78, 5) is 14.2. The maximum absolute atomic E-state index is 12.2. The van der Waals surface area contributed by atoms with E-state index in [-0.39, 0.29) is 6.04 Å². The van der Waals surface area contributed by atoms with Crippen LogP contribution in [0, 0.1) is 5.92 Å². The second-order valence-corrected chi connectivity index (χ2v) is 4.63. The monoisotopic (exact) mass is 211 g/mol. The lowest BCUT2D eigenvalue weighted by molar-refractivity contribution is -0.133. The minimum absolute atomic E-state index is 0.0723. The van der Waals surface area contributed by atoms with Crippen molar-refractivity contribution >= 4 is 5.91 Å². The zero-order valence-corrected chi connectivity index (χ0v) is 9.46. The predicted molar refractivity (Wildman–Crippen MR) is 59.6 cm³/mol. The molecule has 2 aliphatic rings. The quantitative estimate of drug-likeness (QED) is 0.632. The largest absolute Gasteiger partial charge is 0.340 e. The topological polar surface area (TPSA) is 44.4 Å². The van der Waals surface area contributed by atoms with Crippen molar-refractivity contribution in [2.75, 3.05) is 32.7 Å². The number of hydrogen-bond acceptors (Lipinski definition) is 3. The molecule has 0 aromatic heterocycles. The molecule has 0 radical (unpaired) electrons. The first-order valence-electron chi connectivity index (χ1n) is 6.02. The maximum atomic E-state index is 12.2. The van der Waals surface area contributed by atoms with Gasteiger partial charge in [-0.15, -0.1) is 0 Å². The van der Waals surface area contributed by atoms with Crippen LogP contribution in [0.1, 0.15) is 19.8 Å². The average Bonchev–Trinajstić information content (AvgIpc) is 2.53. The van der Waals surface area contributed by atoms with Crippen LogP contribution in [0.3, 0.4) is 0 Å². The first-order valence-corrected chi connectivity index (χ1v) is 6.02. The summed E-state index contributed by atoms with van der Waals surface area (Å²) in [5, 5.41) is 6.63. The van der Waals surface area contributed by atoms with E-state index in [0.29, 0.717) is 11.8 Å². The van der Waals surface area contributed by atoms with Crippen molar-refractivity contribution < 1.29 is 4.79 Å². The molecule has 2 heterocycles. The van der Waals surface area contributed by atoms with E-state index in [2.05, 4.69) is 17.6 Å². The molecular formula is C11H21N3O. The Bertz CT molecular complexity index is 224. The van der Waals surface area contributed by atoms with Crippen LogP contribution in [0.15, 0.2) is 0 Å². The Morgan fingerprint density at radius 1 is 1.27 bits per heavy atom. The van der Waals surface area contributed by atoms with Crippen LogP contribution < -0.4 is 10.6 Å². The maximum Gasteiger partial charge on any atom is 0.240 e. The molecule has 2 unspecified atom stereocenters. The molecule has 0 spiro atoms. The molecule has 0 aliphatic carbocycles. The summed E-state index contributed by atoms with van der Waals surface area (Å²) in [6.07, 6.45) is 2.20. The number of rotatable bonds is 1. The standard InChI is InChI=1S/C11H21N3O/c1-9-3-5-13-10(9)11(15)14-7-2-4-12-6-8-14/h9-10,12-13H,2-8H2,1H3. The molecule has 0 aromatic rings. The van der Waals surface area contributed by atoms with Crippen molar-refractivity contribution in [2.45, 2.75) is 25.8 Å². The van der Waals surface area contributed by atoms with Gasteiger partial charge < -0.3 is 15.5 Å². The summed E-state index contributed by atoms with van der Waals surface area (Å²) in [5.74, 6) is 0.803. The summed E-state index contributed by atoms with van der Waals surface area (Å²) in [7, 11) is 0. The highest BCUT2D eigenvalue weighted by molar-refractivity contribution is 5.82. The van der Waals surface area contributed by atoms with Gasteiger partial charge >= 0.3 is 0 Å². The molecule has 4 heteroatoms. The van der Waals surface area contributed by atoms with E-state index in [1.165, 1.54) is 0 Å². The van der Waals surface area contributed by atoms with Crippen molar-refractivity contribution in [1.82, 2.24) is 15.5 Å². The molecule has 2 rings (SSSR count). The Kier molecular flexibility index (Phi) is 3.59. The lowest BCUT2D eigenvalue weighted by atomic mass is 10.0. The molecule has 15 heavy (non-hydrogen) atoms. The van der Waals surface area contributed by atoms with E-state index in [0.717, 1.165) is 45.6 Å². The second kappa shape index (κ2) is 4.94. The highest BCUT2D eigenvalue weighted by Crippen LogP contribution is 2.16. The summed E-state index contributed by atoms with van der Waals surface area (Å²) in [6.45, 7) is 6.91. The zero-order chi connectivity index (χ0) is 10.7. The molecule has 86 valence electrons. The normalized spacial score (nSPS) is 32.7. The number of carbonyl (C=O) groups excluding carboxylic acids is 1. The minimum Gasteiger partial charge on any atom is -0.340 e. The molecule has 4 nitrogen and oxygen atoms in total. The summed E-state index contributed by atoms with van der Waals surface area (Å²) >= 11 is 0. The molecule has 2 fully saturated rings. The lowest BCUT2D eigenvalue weighted by Gasteiger charge is -2.25. The molecular weight excluding hydrogens is 190 g/mol. The van der Waals surface area contributed by atoms with Crippen LogP contribution in [0.5, 0.6) is 0 Å². The van der Waals surface area contributed by atoms with Crippen LogP contribution in [-0.4, -0.2) is 49.6 Å². The molecule has 0 aromatic carbocycles. The third kappa shape index (κ3) is 2.49. The molecule has 1 amide bonds. The number of nitrogens with zero attached hydrogens (tertiary/aromatic N) is 1. The molecule has 2 atom stereocenters. The average molecular weight is 211 g/mol. The van der Waals surface area contributed by atoms with Crippen LogP contribution in [0.4, 0.5) is 0 Å². The van der Waals surface area contributed by atoms with Crippen LogP contribution in [0.2, 0.25) is 0 Å². The van der Waals surface area contributed by atoms with Crippen LogP contribution in [-0.2, 0) is 4.79 Å². The van der Waals surface area contributed by atoms with Gasteiger partial charge in [0.2, 0.25) is 5.91 Å². The van der Waals surface area contributed by atoms with Crippen LogP contribution in [0.25, 0.3) is 0 Å². The Hall–Kier alpha value is -0.610. The van der Waals surface area contributed by atoms with Crippen molar-refractivity contribution in [3.63, 3.8) is 0 Å². The van der Waals surface area contributed by atoms with E-state index >= 15 is 0 Å². The fourth-order valence-corrected chi connectivity index (χ4v) is 2.43. The van der Waals surface area contributed by atoms with E-state index < -0.39 is 0 Å². The van der Waals surface area contributed by atoms with Crippen LogP contribution >= 0.6 is 0 Å². The highest BCUT2D eigenvalue weighted by atomic mass is 16.2. The molecule has 2 aliphatic heterocycles. The number of hydrogen-bond donors (Lipinski definition) is 2. The van der Waals surface area contributed by atoms with E-state index in [1.807, 2.05) is 4.90 Å². The fraction of sp³-hybridized carbons (Fsp3) is 0.909. The van der Waals surface area contributed by atoms with Gasteiger partial charge in [-0.1, -0.05) is 6.92 Å². The van der Waals surface area contributed by atoms with E-state index in [4.69, 9.17) is 0 Å². The van der Waals surface area contributed by atoms with Crippen molar-refractivity contribution in [2.24, 2.45) is 5.92 Å². The lowest BCUT2D eigenvalue weighted by Crippen LogP contribution is -2.47. The van der Waals surface area contributed by atoms with Gasteiger partial charge in [-0.25, -0.2) is 0 Å². The Morgan fingerprint density at radius 3 is 2.87 bits per heavy atom. The fourth-order valence-electron chi connectivity index (χ4n) is 2.43. The van der Waals surface area contributed by atoms with Gasteiger partial charge in [-0.2, -0.15) is 0 Å². The van der Waals surface area contributed by atoms with Crippen molar-refractivity contribution in [1.29, 1.82) is 0 Å². The Labute approximate surface area is 91.4 Å². The van der Waals surface area contributed by atoms with E-state index in [9.17, 15) is 4.79 Å². The summed E-state index contributed by atoms with van der Waals surface area (Å²) in [5.41, 5.74) is 0. The van der Waals surface area contributed by atoms with Gasteiger partial charge in [-0.05, 0) is 31.8 Å². The van der Waals surface area contributed by atoms with Gasteiger partial charge in [0.05, 0.1) is 6.04 Å². The Balaban J connectivity index is 1.93. The highest BCUT2D eigenvalue weighted by Gasteiger charge is 2.32. The number of carbonyl (C=O) groups is 1.